The number of hydrogen-bond donors (Lipinski definition) is 1. The highest BCUT2D eigenvalue weighted by Gasteiger charge is 2.32. The highest BCUT2D eigenvalue weighted by atomic mass is 32.2. The first kappa shape index (κ1) is 22.1. The van der Waals surface area contributed by atoms with Crippen LogP contribution in [0.4, 0.5) is 0 Å². The molecule has 2 fully saturated rings. The van der Waals surface area contributed by atoms with Crippen LogP contribution < -0.4 is 0 Å². The molecule has 0 aliphatic carbocycles. The van der Waals surface area contributed by atoms with Crippen molar-refractivity contribution in [3.8, 4) is 0 Å². The van der Waals surface area contributed by atoms with Gasteiger partial charge in [0.25, 0.3) is 5.91 Å². The number of likely N-dealkylation sites (tertiary alicyclic amines) is 1. The van der Waals surface area contributed by atoms with Gasteiger partial charge in [-0.25, -0.2) is 13.4 Å². The maximum absolute atomic E-state index is 13.4. The Balaban J connectivity index is 1.36. The maximum atomic E-state index is 13.4. The number of sulfonamides is 1. The van der Waals surface area contributed by atoms with Gasteiger partial charge in [0, 0.05) is 37.2 Å². The third-order valence-electron chi connectivity index (χ3n) is 6.93. The number of aromatic nitrogens is 2. The molecule has 2 atom stereocenters. The number of H-pyrrole nitrogens is 1. The van der Waals surface area contributed by atoms with Crippen LogP contribution in [0.2, 0.25) is 0 Å². The van der Waals surface area contributed by atoms with Crippen LogP contribution in [0, 0.1) is 0 Å². The minimum Gasteiger partial charge on any atom is -0.342 e. The first-order valence-corrected chi connectivity index (χ1v) is 13.2. The van der Waals surface area contributed by atoms with Gasteiger partial charge in [-0.3, -0.25) is 4.79 Å². The normalized spacial score (nSPS) is 22.5. The quantitative estimate of drug-likeness (QED) is 0.626. The predicted molar refractivity (Wildman–Crippen MR) is 128 cm³/mol. The molecule has 3 heterocycles. The van der Waals surface area contributed by atoms with E-state index in [4.69, 9.17) is 4.98 Å². The van der Waals surface area contributed by atoms with E-state index in [1.54, 1.807) is 28.6 Å². The van der Waals surface area contributed by atoms with E-state index in [-0.39, 0.29) is 22.8 Å². The molecule has 0 saturated carbocycles. The summed E-state index contributed by atoms with van der Waals surface area (Å²) in [6.07, 6.45) is 4.64. The number of carbonyl (C=O) groups is 1. The second-order valence-electron chi connectivity index (χ2n) is 9.22. The minimum absolute atomic E-state index is 0.0187. The van der Waals surface area contributed by atoms with Gasteiger partial charge in [-0.1, -0.05) is 24.6 Å². The molecule has 5 rings (SSSR count). The van der Waals surface area contributed by atoms with Crippen molar-refractivity contribution in [1.29, 1.82) is 0 Å². The van der Waals surface area contributed by atoms with E-state index in [1.807, 2.05) is 36.1 Å². The lowest BCUT2D eigenvalue weighted by Crippen LogP contribution is -2.42. The van der Waals surface area contributed by atoms with Crippen LogP contribution in [0.1, 0.15) is 61.1 Å². The Hall–Kier alpha value is -2.71. The molecular weight excluding hydrogens is 436 g/mol. The summed E-state index contributed by atoms with van der Waals surface area (Å²) in [4.78, 5) is 23.5. The lowest BCUT2D eigenvalue weighted by Gasteiger charge is -2.33. The number of rotatable bonds is 4. The first-order chi connectivity index (χ1) is 15.9. The summed E-state index contributed by atoms with van der Waals surface area (Å²) in [5.74, 6) is 0.917. The highest BCUT2D eigenvalue weighted by Crippen LogP contribution is 2.29. The Labute approximate surface area is 194 Å². The molecule has 1 amide bonds. The summed E-state index contributed by atoms with van der Waals surface area (Å²) < 4.78 is 28.1. The number of nitrogens with one attached hydrogen (secondary N) is 1. The maximum Gasteiger partial charge on any atom is 0.253 e. The van der Waals surface area contributed by atoms with Crippen molar-refractivity contribution in [1.82, 2.24) is 19.2 Å². The number of para-hydroxylation sites is 2. The number of piperidine rings is 2. The van der Waals surface area contributed by atoms with E-state index in [2.05, 4.69) is 4.98 Å². The largest absolute Gasteiger partial charge is 0.342 e. The molecule has 3 aromatic rings. The third kappa shape index (κ3) is 4.29. The molecular formula is C25H30N4O3S. The van der Waals surface area contributed by atoms with Gasteiger partial charge < -0.3 is 9.88 Å². The van der Waals surface area contributed by atoms with Crippen LogP contribution in [-0.2, 0) is 10.0 Å². The van der Waals surface area contributed by atoms with Crippen molar-refractivity contribution in [3.05, 3.63) is 59.9 Å². The topological polar surface area (TPSA) is 86.4 Å². The number of aromatic amines is 1. The van der Waals surface area contributed by atoms with Gasteiger partial charge in [0.1, 0.15) is 5.82 Å². The van der Waals surface area contributed by atoms with Gasteiger partial charge in [-0.15, -0.1) is 0 Å². The Bertz CT molecular complexity index is 1240. The summed E-state index contributed by atoms with van der Waals surface area (Å²) >= 11 is 0. The molecule has 1 N–H and O–H groups in total. The summed E-state index contributed by atoms with van der Waals surface area (Å²) in [5.41, 5.74) is 2.35. The van der Waals surface area contributed by atoms with Gasteiger partial charge in [0.15, 0.2) is 0 Å². The van der Waals surface area contributed by atoms with Crippen molar-refractivity contribution >= 4 is 27.0 Å². The molecule has 0 unspecified atom stereocenters. The van der Waals surface area contributed by atoms with Crippen molar-refractivity contribution in [2.75, 3.05) is 19.6 Å². The number of amides is 1. The van der Waals surface area contributed by atoms with Gasteiger partial charge in [0.05, 0.1) is 15.9 Å². The lowest BCUT2D eigenvalue weighted by molar-refractivity contribution is 0.0704. The van der Waals surface area contributed by atoms with Crippen LogP contribution in [0.15, 0.2) is 53.4 Å². The van der Waals surface area contributed by atoms with Gasteiger partial charge >= 0.3 is 0 Å². The fourth-order valence-corrected chi connectivity index (χ4v) is 6.83. The van der Waals surface area contributed by atoms with Gasteiger partial charge in [-0.2, -0.15) is 4.31 Å². The molecule has 0 radical (unpaired) electrons. The van der Waals surface area contributed by atoms with Gasteiger partial charge in [0.2, 0.25) is 10.0 Å². The molecule has 174 valence electrons. The third-order valence-corrected chi connectivity index (χ3v) is 8.94. The van der Waals surface area contributed by atoms with Crippen molar-refractivity contribution in [3.63, 3.8) is 0 Å². The van der Waals surface area contributed by atoms with E-state index >= 15 is 0 Å². The summed E-state index contributed by atoms with van der Waals surface area (Å²) in [6, 6.07) is 14.5. The summed E-state index contributed by atoms with van der Waals surface area (Å²) in [7, 11) is -3.62. The predicted octanol–water partition coefficient (Wildman–Crippen LogP) is 4.15. The molecule has 1 aromatic heterocycles. The highest BCUT2D eigenvalue weighted by molar-refractivity contribution is 7.89. The number of hydrogen-bond acceptors (Lipinski definition) is 4. The van der Waals surface area contributed by atoms with Crippen LogP contribution in [-0.4, -0.2) is 59.2 Å². The number of imidazole rings is 1. The molecule has 2 saturated heterocycles. The zero-order chi connectivity index (χ0) is 23.0. The molecule has 8 heteroatoms. The number of fused-ring (bicyclic) bond motifs is 1. The Morgan fingerprint density at radius 2 is 1.88 bits per heavy atom. The fourth-order valence-electron chi connectivity index (χ4n) is 5.09. The smallest absolute Gasteiger partial charge is 0.253 e. The van der Waals surface area contributed by atoms with E-state index in [1.165, 1.54) is 0 Å². The molecule has 2 aliphatic rings. The van der Waals surface area contributed by atoms with Crippen molar-refractivity contribution in [2.24, 2.45) is 0 Å². The Kier molecular flexibility index (Phi) is 5.97. The first-order valence-electron chi connectivity index (χ1n) is 11.8. The van der Waals surface area contributed by atoms with Gasteiger partial charge in [-0.05, 0) is 62.9 Å². The van der Waals surface area contributed by atoms with Crippen molar-refractivity contribution < 1.29 is 13.2 Å². The number of carbonyl (C=O) groups excluding carboxylic acids is 1. The SMILES string of the molecule is C[C@H]1CCCCN1S(=O)(=O)c1cccc(C(=O)N2CCC[C@H](c3nc4ccccc4[nH]3)C2)c1. The van der Waals surface area contributed by atoms with E-state index < -0.39 is 10.0 Å². The second-order valence-corrected chi connectivity index (χ2v) is 11.1. The minimum atomic E-state index is -3.62. The molecule has 0 bridgehead atoms. The Morgan fingerprint density at radius 3 is 2.70 bits per heavy atom. The van der Waals surface area contributed by atoms with Crippen LogP contribution >= 0.6 is 0 Å². The van der Waals surface area contributed by atoms with E-state index in [9.17, 15) is 13.2 Å². The van der Waals surface area contributed by atoms with Crippen LogP contribution in [0.25, 0.3) is 11.0 Å². The van der Waals surface area contributed by atoms with E-state index in [0.717, 1.165) is 49.0 Å². The average Bonchev–Trinajstić information content (AvgIpc) is 3.28. The van der Waals surface area contributed by atoms with Crippen molar-refractivity contribution in [2.45, 2.75) is 55.9 Å². The second kappa shape index (κ2) is 8.91. The zero-order valence-corrected chi connectivity index (χ0v) is 19.7. The standard InChI is InChI=1S/C25H30N4O3S/c1-18-8-4-5-15-29(18)33(31,32)21-11-6-9-19(16-21)25(30)28-14-7-10-20(17-28)24-26-22-12-2-3-13-23(22)27-24/h2-3,6,9,11-13,16,18,20H,4-5,7-8,10,14-15,17H2,1H3,(H,26,27)/t18-,20-/m0/s1. The Morgan fingerprint density at radius 1 is 1.03 bits per heavy atom. The fraction of sp³-hybridized carbons (Fsp3) is 0.440. The molecule has 2 aromatic carbocycles. The van der Waals surface area contributed by atoms with E-state index in [0.29, 0.717) is 25.2 Å². The zero-order valence-electron chi connectivity index (χ0n) is 18.9. The summed E-state index contributed by atoms with van der Waals surface area (Å²) in [5, 5.41) is 0. The molecule has 0 spiro atoms. The average molecular weight is 467 g/mol. The van der Waals surface area contributed by atoms with Crippen LogP contribution in [0.5, 0.6) is 0 Å². The molecule has 7 nitrogen and oxygen atoms in total. The lowest BCUT2D eigenvalue weighted by atomic mass is 9.96. The number of nitrogens with zero attached hydrogens (tertiary/aromatic N) is 3. The molecule has 33 heavy (non-hydrogen) atoms. The summed E-state index contributed by atoms with van der Waals surface area (Å²) in [6.45, 7) is 3.72. The monoisotopic (exact) mass is 466 g/mol. The molecule has 2 aliphatic heterocycles. The van der Waals surface area contributed by atoms with Crippen LogP contribution in [0.3, 0.4) is 0 Å². The number of benzene rings is 2.